The van der Waals surface area contributed by atoms with Gasteiger partial charge in [0.2, 0.25) is 0 Å². The van der Waals surface area contributed by atoms with Crippen molar-refractivity contribution in [3.05, 3.63) is 12.3 Å². The Kier molecular flexibility index (Phi) is 14.0. The second-order valence-corrected chi connectivity index (χ2v) is 5.69. The van der Waals surface area contributed by atoms with E-state index in [1.165, 1.54) is 13.8 Å². The van der Waals surface area contributed by atoms with Gasteiger partial charge in [0.25, 0.3) is 0 Å². The molecule has 3 unspecified atom stereocenters. The van der Waals surface area contributed by atoms with E-state index in [1.807, 2.05) is 6.08 Å². The second-order valence-electron chi connectivity index (χ2n) is 5.69. The predicted octanol–water partition coefficient (Wildman–Crippen LogP) is -2.10. The summed E-state index contributed by atoms with van der Waals surface area (Å²) in [5, 5.41) is 29.9. The van der Waals surface area contributed by atoms with Gasteiger partial charge in [-0.3, -0.25) is 4.48 Å². The van der Waals surface area contributed by atoms with Crippen LogP contribution in [-0.2, 0) is 9.59 Å². The van der Waals surface area contributed by atoms with Crippen molar-refractivity contribution in [3.63, 3.8) is 0 Å². The van der Waals surface area contributed by atoms with Crippen molar-refractivity contribution in [1.82, 2.24) is 0 Å². The standard InChI is InChI=1S/C16H29NO5.Na/c1-4-5-6-7-8-9-10-17(11-12-18,13(2)15(19)20)14(3)16(21)22;/h9-10,13-14,18H,4-8,11-12H2,1-3H3,(H-,19,20,21,22);/q;+1/b10-9+;. The number of carbonyl (C=O) groups excluding carboxylic acids is 1. The van der Waals surface area contributed by atoms with E-state index in [0.29, 0.717) is 0 Å². The van der Waals surface area contributed by atoms with Crippen LogP contribution in [0.15, 0.2) is 12.3 Å². The van der Waals surface area contributed by atoms with Crippen molar-refractivity contribution >= 4 is 11.9 Å². The van der Waals surface area contributed by atoms with Crippen LogP contribution in [0.1, 0.15) is 52.9 Å². The van der Waals surface area contributed by atoms with Crippen molar-refractivity contribution in [2.24, 2.45) is 0 Å². The number of carboxylic acids is 2. The molecule has 0 spiro atoms. The molecule has 3 atom stereocenters. The third-order valence-corrected chi connectivity index (χ3v) is 4.24. The molecular formula is C16H29NNaO5+. The molecule has 0 heterocycles. The molecule has 0 amide bonds. The van der Waals surface area contributed by atoms with E-state index in [9.17, 15) is 24.9 Å². The monoisotopic (exact) mass is 338 g/mol. The Hall–Kier alpha value is -0.400. The smallest absolute Gasteiger partial charge is 0.544 e. The first-order valence-corrected chi connectivity index (χ1v) is 7.92. The number of hydrogen-bond donors (Lipinski definition) is 2. The first-order valence-electron chi connectivity index (χ1n) is 7.92. The van der Waals surface area contributed by atoms with Crippen molar-refractivity contribution in [2.45, 2.75) is 65.0 Å². The fourth-order valence-electron chi connectivity index (χ4n) is 2.59. The summed E-state index contributed by atoms with van der Waals surface area (Å²) in [6.07, 6.45) is 8.54. The van der Waals surface area contributed by atoms with Crippen LogP contribution in [0.4, 0.5) is 0 Å². The van der Waals surface area contributed by atoms with E-state index in [-0.39, 0.29) is 47.2 Å². The average Bonchev–Trinajstić information content (AvgIpc) is 2.47. The maximum atomic E-state index is 11.4. The normalized spacial score (nSPS) is 16.3. The second kappa shape index (κ2) is 13.0. The summed E-state index contributed by atoms with van der Waals surface area (Å²) in [6, 6.07) is -2.03. The Morgan fingerprint density at radius 3 is 2.22 bits per heavy atom. The van der Waals surface area contributed by atoms with Gasteiger partial charge in [0.15, 0.2) is 6.04 Å². The van der Waals surface area contributed by atoms with Crippen LogP contribution in [0.2, 0.25) is 0 Å². The SMILES string of the molecule is CCCCCC/C=C/[N+](CCO)(C(C)C(=O)[O-])C(C)C(=O)O.[Na+]. The number of aliphatic carboxylic acids is 2. The van der Waals surface area contributed by atoms with E-state index in [1.54, 1.807) is 6.20 Å². The molecule has 23 heavy (non-hydrogen) atoms. The van der Waals surface area contributed by atoms with E-state index in [0.717, 1.165) is 32.1 Å². The molecule has 0 bridgehead atoms. The van der Waals surface area contributed by atoms with Gasteiger partial charge in [-0.1, -0.05) is 26.2 Å². The van der Waals surface area contributed by atoms with Crippen molar-refractivity contribution in [1.29, 1.82) is 0 Å². The van der Waals surface area contributed by atoms with Crippen LogP contribution in [-0.4, -0.2) is 51.9 Å². The van der Waals surface area contributed by atoms with E-state index >= 15 is 0 Å². The summed E-state index contributed by atoms with van der Waals surface area (Å²) in [6.45, 7) is 4.73. The molecule has 0 saturated carbocycles. The summed E-state index contributed by atoms with van der Waals surface area (Å²) in [5.74, 6) is -2.42. The van der Waals surface area contributed by atoms with Gasteiger partial charge in [0.05, 0.1) is 18.8 Å². The average molecular weight is 338 g/mol. The minimum absolute atomic E-state index is 0. The number of unbranched alkanes of at least 4 members (excludes halogenated alkanes) is 4. The van der Waals surface area contributed by atoms with E-state index < -0.39 is 24.0 Å². The molecule has 0 rings (SSSR count). The molecule has 0 radical (unpaired) electrons. The van der Waals surface area contributed by atoms with Gasteiger partial charge in [0.1, 0.15) is 12.6 Å². The summed E-state index contributed by atoms with van der Waals surface area (Å²) in [5.41, 5.74) is 0. The van der Waals surface area contributed by atoms with Gasteiger partial charge < -0.3 is 20.1 Å². The quantitative estimate of drug-likeness (QED) is 0.241. The minimum atomic E-state index is -1.32. The van der Waals surface area contributed by atoms with Gasteiger partial charge in [-0.15, -0.1) is 0 Å². The van der Waals surface area contributed by atoms with Crippen molar-refractivity contribution < 1.29 is 58.9 Å². The molecule has 7 heteroatoms. The summed E-state index contributed by atoms with van der Waals surface area (Å²) in [4.78, 5) is 22.7. The fourth-order valence-corrected chi connectivity index (χ4v) is 2.59. The molecule has 0 aromatic rings. The number of quaternary nitrogens is 1. The number of allylic oxidation sites excluding steroid dienone is 1. The topological polar surface area (TPSA) is 97.7 Å². The molecule has 0 fully saturated rings. The first-order chi connectivity index (χ1) is 10.3. The molecule has 0 aliphatic heterocycles. The van der Waals surface area contributed by atoms with Crippen LogP contribution >= 0.6 is 0 Å². The number of hydrogen-bond acceptors (Lipinski definition) is 4. The molecular weight excluding hydrogens is 309 g/mol. The number of nitrogens with zero attached hydrogens (tertiary/aromatic N) is 1. The van der Waals surface area contributed by atoms with Crippen LogP contribution in [0.5, 0.6) is 0 Å². The van der Waals surface area contributed by atoms with Crippen LogP contribution in [0.25, 0.3) is 0 Å². The molecule has 0 aromatic carbocycles. The molecule has 2 N–H and O–H groups in total. The number of aliphatic hydroxyl groups excluding tert-OH is 1. The molecule has 0 aliphatic carbocycles. The fraction of sp³-hybridized carbons (Fsp3) is 0.750. The van der Waals surface area contributed by atoms with Crippen LogP contribution in [0.3, 0.4) is 0 Å². The summed E-state index contributed by atoms with van der Waals surface area (Å²) < 4.78 is -0.345. The maximum absolute atomic E-state index is 11.4. The van der Waals surface area contributed by atoms with Gasteiger partial charge >= 0.3 is 35.5 Å². The van der Waals surface area contributed by atoms with Gasteiger partial charge in [-0.2, -0.15) is 0 Å². The Bertz CT molecular complexity index is 367. The van der Waals surface area contributed by atoms with Crippen LogP contribution in [0, 0.1) is 0 Å². The van der Waals surface area contributed by atoms with Crippen molar-refractivity contribution in [3.8, 4) is 0 Å². The third kappa shape index (κ3) is 7.81. The molecule has 128 valence electrons. The molecule has 0 aromatic heterocycles. The van der Waals surface area contributed by atoms with Gasteiger partial charge in [-0.05, 0) is 32.8 Å². The molecule has 6 nitrogen and oxygen atoms in total. The number of aliphatic hydroxyl groups is 1. The molecule has 0 aliphatic rings. The first kappa shape index (κ1) is 24.8. The summed E-state index contributed by atoms with van der Waals surface area (Å²) >= 11 is 0. The van der Waals surface area contributed by atoms with Crippen LogP contribution < -0.4 is 34.7 Å². The predicted molar refractivity (Wildman–Crippen MR) is 81.7 cm³/mol. The molecule has 0 saturated heterocycles. The Labute approximate surface area is 161 Å². The van der Waals surface area contributed by atoms with E-state index in [2.05, 4.69) is 6.92 Å². The number of carboxylic acid groups (broad SMARTS) is 2. The summed E-state index contributed by atoms with van der Waals surface area (Å²) in [7, 11) is 0. The van der Waals surface area contributed by atoms with Gasteiger partial charge in [0, 0.05) is 0 Å². The Balaban J connectivity index is 0. The third-order valence-electron chi connectivity index (χ3n) is 4.24. The number of rotatable bonds is 12. The largest absolute Gasteiger partial charge is 1.00 e. The zero-order valence-electron chi connectivity index (χ0n) is 14.8. The van der Waals surface area contributed by atoms with Gasteiger partial charge in [-0.25, -0.2) is 4.79 Å². The number of carbonyl (C=O) groups is 2. The Morgan fingerprint density at radius 2 is 1.78 bits per heavy atom. The van der Waals surface area contributed by atoms with Crippen molar-refractivity contribution in [2.75, 3.05) is 13.2 Å². The maximum Gasteiger partial charge on any atom is 1.00 e. The zero-order chi connectivity index (χ0) is 17.2. The Morgan fingerprint density at radius 1 is 1.17 bits per heavy atom. The zero-order valence-corrected chi connectivity index (χ0v) is 16.8. The van der Waals surface area contributed by atoms with E-state index in [4.69, 9.17) is 0 Å². The minimum Gasteiger partial charge on any atom is -0.544 e.